The zero-order chi connectivity index (χ0) is 16.8. The van der Waals surface area contributed by atoms with Gasteiger partial charge in [0.1, 0.15) is 18.7 Å². The summed E-state index contributed by atoms with van der Waals surface area (Å²) < 4.78 is 22.6. The van der Waals surface area contributed by atoms with Crippen LogP contribution in [0.3, 0.4) is 0 Å². The van der Waals surface area contributed by atoms with Gasteiger partial charge in [-0.3, -0.25) is 0 Å². The molecule has 0 unspecified atom stereocenters. The number of pyridine rings is 1. The highest BCUT2D eigenvalue weighted by atomic mass is 19.1. The number of hydrogen-bond donors (Lipinski definition) is 0. The second-order valence-corrected chi connectivity index (χ2v) is 5.80. The minimum atomic E-state index is -0.418. The highest BCUT2D eigenvalue weighted by Crippen LogP contribution is 2.39. The molecule has 0 aliphatic carbocycles. The predicted octanol–water partition coefficient (Wildman–Crippen LogP) is 4.40. The molecule has 0 radical (unpaired) electrons. The van der Waals surface area contributed by atoms with Crippen molar-refractivity contribution in [3.8, 4) is 17.3 Å². The molecule has 2 aromatic carbocycles. The van der Waals surface area contributed by atoms with E-state index in [0.717, 1.165) is 11.1 Å². The molecule has 4 heteroatoms. The van der Waals surface area contributed by atoms with Crippen molar-refractivity contribution in [1.29, 1.82) is 5.26 Å². The van der Waals surface area contributed by atoms with Gasteiger partial charge in [0.2, 0.25) is 5.69 Å². The summed E-state index contributed by atoms with van der Waals surface area (Å²) in [6, 6.07) is 15.3. The first-order valence-corrected chi connectivity index (χ1v) is 7.62. The summed E-state index contributed by atoms with van der Waals surface area (Å²) in [5, 5.41) is 11.1. The molecule has 116 valence electrons. The van der Waals surface area contributed by atoms with Crippen LogP contribution in [0.15, 0.2) is 53.1 Å². The molecular weight excluding hydrogens is 303 g/mol. The highest BCUT2D eigenvalue weighted by molar-refractivity contribution is 6.10. The number of aryl methyl sites for hydroxylation is 1. The summed E-state index contributed by atoms with van der Waals surface area (Å²) >= 11 is 0. The third kappa shape index (κ3) is 1.85. The first-order valence-electron chi connectivity index (χ1n) is 7.62. The Balaban J connectivity index is 2.27. The SMILES string of the molecule is Cc1c(-c2cccc[n+]2C)c(C#N)c2c(oc3ccccc32)c1F. The first-order chi connectivity index (χ1) is 11.6. The normalized spacial score (nSPS) is 11.1. The molecule has 3 nitrogen and oxygen atoms in total. The molecule has 0 N–H and O–H groups in total. The van der Waals surface area contributed by atoms with Crippen LogP contribution in [0, 0.1) is 24.1 Å². The van der Waals surface area contributed by atoms with E-state index < -0.39 is 5.82 Å². The van der Waals surface area contributed by atoms with Crippen LogP contribution >= 0.6 is 0 Å². The summed E-state index contributed by atoms with van der Waals surface area (Å²) in [4.78, 5) is 0. The topological polar surface area (TPSA) is 40.8 Å². The quantitative estimate of drug-likeness (QED) is 0.488. The van der Waals surface area contributed by atoms with Gasteiger partial charge in [-0.2, -0.15) is 5.26 Å². The lowest BCUT2D eigenvalue weighted by molar-refractivity contribution is -0.660. The van der Waals surface area contributed by atoms with Gasteiger partial charge in [0.05, 0.1) is 11.1 Å². The molecule has 4 rings (SSSR count). The van der Waals surface area contributed by atoms with E-state index in [2.05, 4.69) is 6.07 Å². The van der Waals surface area contributed by atoms with Gasteiger partial charge in [-0.15, -0.1) is 0 Å². The van der Waals surface area contributed by atoms with E-state index in [9.17, 15) is 5.26 Å². The van der Waals surface area contributed by atoms with Gasteiger partial charge in [-0.25, -0.2) is 8.96 Å². The Kier molecular flexibility index (Phi) is 3.10. The van der Waals surface area contributed by atoms with Crippen LogP contribution in [0.2, 0.25) is 0 Å². The van der Waals surface area contributed by atoms with E-state index in [1.807, 2.05) is 54.2 Å². The Bertz CT molecular complexity index is 1150. The lowest BCUT2D eigenvalue weighted by Gasteiger charge is -2.09. The van der Waals surface area contributed by atoms with Crippen molar-refractivity contribution < 1.29 is 13.4 Å². The maximum absolute atomic E-state index is 15.0. The number of fused-ring (bicyclic) bond motifs is 3. The molecule has 4 aromatic rings. The zero-order valence-corrected chi connectivity index (χ0v) is 13.3. The second-order valence-electron chi connectivity index (χ2n) is 5.80. The largest absolute Gasteiger partial charge is 0.453 e. The van der Waals surface area contributed by atoms with E-state index in [-0.39, 0.29) is 5.58 Å². The fourth-order valence-electron chi connectivity index (χ4n) is 3.26. The third-order valence-electron chi connectivity index (χ3n) is 4.42. The monoisotopic (exact) mass is 317 g/mol. The van der Waals surface area contributed by atoms with Crippen molar-refractivity contribution in [3.05, 3.63) is 65.6 Å². The van der Waals surface area contributed by atoms with Gasteiger partial charge in [-0.05, 0) is 19.1 Å². The average molecular weight is 317 g/mol. The Morgan fingerprint density at radius 3 is 2.62 bits per heavy atom. The molecule has 0 saturated carbocycles. The molecule has 24 heavy (non-hydrogen) atoms. The Morgan fingerprint density at radius 1 is 1.12 bits per heavy atom. The third-order valence-corrected chi connectivity index (χ3v) is 4.42. The van der Waals surface area contributed by atoms with Gasteiger partial charge in [-0.1, -0.05) is 18.2 Å². The number of benzene rings is 2. The van der Waals surface area contributed by atoms with E-state index in [4.69, 9.17) is 4.42 Å². The fraction of sp³-hybridized carbons (Fsp3) is 0.100. The van der Waals surface area contributed by atoms with Crippen LogP contribution < -0.4 is 4.57 Å². The van der Waals surface area contributed by atoms with Crippen molar-refractivity contribution in [1.82, 2.24) is 0 Å². The minimum Gasteiger partial charge on any atom is -0.453 e. The molecule has 0 amide bonds. The molecule has 2 aromatic heterocycles. The van der Waals surface area contributed by atoms with Crippen molar-refractivity contribution in [2.24, 2.45) is 7.05 Å². The van der Waals surface area contributed by atoms with Crippen molar-refractivity contribution in [2.45, 2.75) is 6.92 Å². The highest BCUT2D eigenvalue weighted by Gasteiger charge is 2.26. The van der Waals surface area contributed by atoms with E-state index in [1.54, 1.807) is 13.0 Å². The molecule has 0 fully saturated rings. The number of furan rings is 1. The summed E-state index contributed by atoms with van der Waals surface area (Å²) in [6.45, 7) is 1.69. The van der Waals surface area contributed by atoms with Crippen LogP contribution in [-0.4, -0.2) is 0 Å². The van der Waals surface area contributed by atoms with Gasteiger partial charge in [0.25, 0.3) is 0 Å². The first kappa shape index (κ1) is 14.4. The van der Waals surface area contributed by atoms with Crippen LogP contribution in [0.25, 0.3) is 33.2 Å². The van der Waals surface area contributed by atoms with Crippen LogP contribution in [-0.2, 0) is 7.05 Å². The Morgan fingerprint density at radius 2 is 1.88 bits per heavy atom. The number of rotatable bonds is 1. The van der Waals surface area contributed by atoms with Crippen LogP contribution in [0.5, 0.6) is 0 Å². The van der Waals surface area contributed by atoms with Crippen LogP contribution in [0.1, 0.15) is 11.1 Å². The molecule has 0 aliphatic heterocycles. The number of halogens is 1. The number of para-hydroxylation sites is 1. The maximum atomic E-state index is 15.0. The van der Waals surface area contributed by atoms with Gasteiger partial charge in [0, 0.05) is 28.5 Å². The predicted molar refractivity (Wildman–Crippen MR) is 89.7 cm³/mol. The van der Waals surface area contributed by atoms with Crippen molar-refractivity contribution in [3.63, 3.8) is 0 Å². The summed E-state index contributed by atoms with van der Waals surface area (Å²) in [7, 11) is 1.88. The Hall–Kier alpha value is -3.19. The number of nitrogens with zero attached hydrogens (tertiary/aromatic N) is 2. The molecule has 0 atom stereocenters. The standard InChI is InChI=1S/C20H14FN2O/c1-12-17(15-8-5-6-10-23(15)2)14(11-22)18-13-7-3-4-9-16(13)24-20(18)19(12)21/h3-10H,1-2H3/q+1. The lowest BCUT2D eigenvalue weighted by atomic mass is 9.94. The minimum absolute atomic E-state index is 0.146. The molecule has 0 bridgehead atoms. The molecule has 2 heterocycles. The second kappa shape index (κ2) is 5.17. The van der Waals surface area contributed by atoms with E-state index >= 15 is 4.39 Å². The van der Waals surface area contributed by atoms with E-state index in [1.165, 1.54) is 0 Å². The summed E-state index contributed by atoms with van der Waals surface area (Å²) in [5.74, 6) is -0.418. The summed E-state index contributed by atoms with van der Waals surface area (Å²) in [6.07, 6.45) is 1.88. The van der Waals surface area contributed by atoms with Crippen molar-refractivity contribution >= 4 is 21.9 Å². The number of hydrogen-bond acceptors (Lipinski definition) is 2. The van der Waals surface area contributed by atoms with Gasteiger partial charge >= 0.3 is 0 Å². The van der Waals surface area contributed by atoms with Crippen LogP contribution in [0.4, 0.5) is 4.39 Å². The number of nitriles is 1. The van der Waals surface area contributed by atoms with Gasteiger partial charge in [0.15, 0.2) is 17.6 Å². The molecule has 0 saturated heterocycles. The average Bonchev–Trinajstić information content (AvgIpc) is 2.98. The fourth-order valence-corrected chi connectivity index (χ4v) is 3.26. The Labute approximate surface area is 138 Å². The lowest BCUT2D eigenvalue weighted by Crippen LogP contribution is -2.30. The van der Waals surface area contributed by atoms with Crippen molar-refractivity contribution in [2.75, 3.05) is 0 Å². The molecule has 0 aliphatic rings. The summed E-state index contributed by atoms with van der Waals surface area (Å²) in [5.41, 5.74) is 2.98. The van der Waals surface area contributed by atoms with E-state index in [0.29, 0.717) is 27.7 Å². The zero-order valence-electron chi connectivity index (χ0n) is 13.3. The maximum Gasteiger partial charge on any atom is 0.213 e. The smallest absolute Gasteiger partial charge is 0.213 e. The van der Waals surface area contributed by atoms with Gasteiger partial charge < -0.3 is 4.42 Å². The molecule has 0 spiro atoms. The molecular formula is C20H14FN2O+. The number of aromatic nitrogens is 1.